The number of esters is 1. The molecule has 9 heteroatoms. The van der Waals surface area contributed by atoms with E-state index in [1.54, 1.807) is 25.1 Å². The molecule has 0 radical (unpaired) electrons. The summed E-state index contributed by atoms with van der Waals surface area (Å²) >= 11 is 0. The maximum Gasteiger partial charge on any atom is 0.337 e. The third-order valence-corrected chi connectivity index (χ3v) is 5.58. The smallest absolute Gasteiger partial charge is 0.337 e. The van der Waals surface area contributed by atoms with Gasteiger partial charge in [-0.2, -0.15) is 0 Å². The zero-order valence-corrected chi connectivity index (χ0v) is 19.3. The molecule has 0 spiro atoms. The molecule has 0 saturated heterocycles. The fourth-order valence-corrected chi connectivity index (χ4v) is 4.02. The Morgan fingerprint density at radius 1 is 1.09 bits per heavy atom. The quantitative estimate of drug-likeness (QED) is 0.338. The van der Waals surface area contributed by atoms with Crippen LogP contribution in [0.15, 0.2) is 82.0 Å². The van der Waals surface area contributed by atoms with E-state index in [2.05, 4.69) is 21.9 Å². The van der Waals surface area contributed by atoms with Crippen LogP contribution >= 0.6 is 0 Å². The molecule has 9 nitrogen and oxygen atoms in total. The molecule has 1 aliphatic heterocycles. The van der Waals surface area contributed by atoms with Gasteiger partial charge in [0.15, 0.2) is 11.5 Å². The van der Waals surface area contributed by atoms with E-state index in [9.17, 15) is 14.4 Å². The van der Waals surface area contributed by atoms with Crippen molar-refractivity contribution in [3.8, 4) is 11.5 Å². The van der Waals surface area contributed by atoms with E-state index in [0.717, 1.165) is 5.56 Å². The first kappa shape index (κ1) is 23.6. The molecule has 4 rings (SSSR count). The molecule has 0 fully saturated rings. The Morgan fingerprint density at radius 2 is 1.86 bits per heavy atom. The first-order chi connectivity index (χ1) is 16.9. The molecule has 180 valence electrons. The van der Waals surface area contributed by atoms with E-state index in [4.69, 9.17) is 14.2 Å². The second-order valence-electron chi connectivity index (χ2n) is 7.87. The lowest BCUT2D eigenvalue weighted by Gasteiger charge is -2.29. The zero-order chi connectivity index (χ0) is 24.9. The number of anilines is 1. The first-order valence-corrected chi connectivity index (χ1v) is 10.9. The summed E-state index contributed by atoms with van der Waals surface area (Å²) in [7, 11) is 1.51. The van der Waals surface area contributed by atoms with E-state index in [-0.39, 0.29) is 23.6 Å². The second kappa shape index (κ2) is 10.2. The van der Waals surface area contributed by atoms with Gasteiger partial charge in [0.2, 0.25) is 0 Å². The van der Waals surface area contributed by atoms with Gasteiger partial charge < -0.3 is 19.5 Å². The summed E-state index contributed by atoms with van der Waals surface area (Å²) in [6.07, 6.45) is 1.46. The molecule has 0 amide bonds. The molecule has 0 saturated carbocycles. The van der Waals surface area contributed by atoms with Crippen LogP contribution in [0.3, 0.4) is 0 Å². The highest BCUT2D eigenvalue weighted by molar-refractivity contribution is 5.94. The number of hydrogen-bond donors (Lipinski definition) is 3. The number of methoxy groups -OCH3 is 1. The van der Waals surface area contributed by atoms with Gasteiger partial charge in [0, 0.05) is 5.70 Å². The maximum atomic E-state index is 13.0. The van der Waals surface area contributed by atoms with Gasteiger partial charge in [0.1, 0.15) is 19.0 Å². The van der Waals surface area contributed by atoms with Crippen LogP contribution in [-0.4, -0.2) is 29.7 Å². The summed E-state index contributed by atoms with van der Waals surface area (Å²) in [5, 5.41) is 2.95. The van der Waals surface area contributed by atoms with Crippen molar-refractivity contribution in [3.63, 3.8) is 0 Å². The van der Waals surface area contributed by atoms with Crippen LogP contribution in [0.2, 0.25) is 0 Å². The van der Waals surface area contributed by atoms with Crippen LogP contribution in [-0.2, 0) is 16.1 Å². The summed E-state index contributed by atoms with van der Waals surface area (Å²) in [6.45, 7) is 5.59. The van der Waals surface area contributed by atoms with E-state index in [1.807, 2.05) is 30.3 Å². The predicted molar refractivity (Wildman–Crippen MR) is 131 cm³/mol. The Hall–Kier alpha value is -4.53. The summed E-state index contributed by atoms with van der Waals surface area (Å²) < 4.78 is 16.8. The van der Waals surface area contributed by atoms with E-state index in [1.165, 1.54) is 13.2 Å². The molecule has 35 heavy (non-hydrogen) atoms. The van der Waals surface area contributed by atoms with Gasteiger partial charge >= 0.3 is 11.7 Å². The Kier molecular flexibility index (Phi) is 6.86. The largest absolute Gasteiger partial charge is 0.493 e. The molecule has 1 atom stereocenters. The van der Waals surface area contributed by atoms with Gasteiger partial charge in [-0.05, 0) is 30.2 Å². The lowest BCUT2D eigenvalue weighted by Crippen LogP contribution is -2.35. The number of aromatic nitrogens is 2. The second-order valence-corrected chi connectivity index (χ2v) is 7.87. The third kappa shape index (κ3) is 4.89. The Morgan fingerprint density at radius 3 is 2.57 bits per heavy atom. The molecule has 0 bridgehead atoms. The molecular weight excluding hydrogens is 450 g/mol. The third-order valence-electron chi connectivity index (χ3n) is 5.58. The number of allylic oxidation sites excluding steroid dienone is 1. The predicted octanol–water partition coefficient (Wildman–Crippen LogP) is 3.21. The van der Waals surface area contributed by atoms with Crippen LogP contribution in [0, 0.1) is 0 Å². The number of carbonyl (C=O) groups is 1. The van der Waals surface area contributed by atoms with Crippen LogP contribution in [0.1, 0.15) is 29.5 Å². The molecular formula is C26H25N3O6. The van der Waals surface area contributed by atoms with E-state index >= 15 is 0 Å². The number of rotatable bonds is 8. The van der Waals surface area contributed by atoms with Crippen molar-refractivity contribution in [1.82, 2.24) is 9.97 Å². The van der Waals surface area contributed by atoms with Crippen molar-refractivity contribution in [2.75, 3.05) is 19.0 Å². The fourth-order valence-electron chi connectivity index (χ4n) is 4.02. The van der Waals surface area contributed by atoms with Crippen molar-refractivity contribution in [1.29, 1.82) is 0 Å². The Balaban J connectivity index is 1.79. The minimum Gasteiger partial charge on any atom is -0.493 e. The van der Waals surface area contributed by atoms with Crippen LogP contribution in [0.25, 0.3) is 0 Å². The minimum atomic E-state index is -0.832. The fraction of sp³-hybridized carbons (Fsp3) is 0.192. The number of nitrogens with one attached hydrogen (secondary N) is 3. The monoisotopic (exact) mass is 475 g/mol. The standard InChI is InChI=1S/C26H25N3O6/c1-4-12-34-25(31)20-15(2)27-23-22(24(30)29-26(32)28-23)21(20)17-10-11-18(19(13-17)33-3)35-14-16-8-6-5-7-9-16/h4-11,13,21H,1,12,14H2,2-3H3,(H3,27,28,29,30,32). The van der Waals surface area contributed by atoms with Gasteiger partial charge in [-0.3, -0.25) is 14.8 Å². The van der Waals surface area contributed by atoms with Crippen molar-refractivity contribution >= 4 is 11.8 Å². The van der Waals surface area contributed by atoms with E-state index < -0.39 is 23.1 Å². The van der Waals surface area contributed by atoms with Crippen LogP contribution in [0.5, 0.6) is 11.5 Å². The van der Waals surface area contributed by atoms with Crippen molar-refractivity contribution < 1.29 is 19.0 Å². The van der Waals surface area contributed by atoms with E-state index in [0.29, 0.717) is 29.4 Å². The number of benzene rings is 2. The number of ether oxygens (including phenoxy) is 3. The number of fused-ring (bicyclic) bond motifs is 1. The number of aromatic amines is 2. The summed E-state index contributed by atoms with van der Waals surface area (Å²) in [4.78, 5) is 42.6. The molecule has 0 aliphatic carbocycles. The normalized spacial score (nSPS) is 14.5. The molecule has 1 aromatic heterocycles. The van der Waals surface area contributed by atoms with Crippen molar-refractivity contribution in [2.24, 2.45) is 0 Å². The van der Waals surface area contributed by atoms with Gasteiger partial charge in [-0.15, -0.1) is 0 Å². The summed E-state index contributed by atoms with van der Waals surface area (Å²) in [6, 6.07) is 14.9. The highest BCUT2D eigenvalue weighted by Gasteiger charge is 2.36. The minimum absolute atomic E-state index is 0.00670. The highest BCUT2D eigenvalue weighted by Crippen LogP contribution is 2.42. The molecule has 2 heterocycles. The van der Waals surface area contributed by atoms with Crippen molar-refractivity contribution in [2.45, 2.75) is 19.4 Å². The maximum absolute atomic E-state index is 13.0. The molecule has 2 aromatic carbocycles. The van der Waals surface area contributed by atoms with Gasteiger partial charge in [-0.25, -0.2) is 9.59 Å². The van der Waals surface area contributed by atoms with Crippen LogP contribution < -0.4 is 26.0 Å². The Bertz CT molecular complexity index is 1400. The molecule has 1 unspecified atom stereocenters. The lowest BCUT2D eigenvalue weighted by molar-refractivity contribution is -0.138. The lowest BCUT2D eigenvalue weighted by atomic mass is 9.82. The molecule has 3 N–H and O–H groups in total. The molecule has 3 aromatic rings. The summed E-state index contributed by atoms with van der Waals surface area (Å²) in [5.41, 5.74) is 1.16. The van der Waals surface area contributed by atoms with Gasteiger partial charge in [-0.1, -0.05) is 49.1 Å². The average Bonchev–Trinajstić information content (AvgIpc) is 2.85. The van der Waals surface area contributed by atoms with Gasteiger partial charge in [0.05, 0.1) is 24.2 Å². The highest BCUT2D eigenvalue weighted by atomic mass is 16.5. The first-order valence-electron chi connectivity index (χ1n) is 10.9. The zero-order valence-electron chi connectivity index (χ0n) is 19.3. The number of carbonyl (C=O) groups excluding carboxylic acids is 1. The topological polar surface area (TPSA) is 123 Å². The summed E-state index contributed by atoms with van der Waals surface area (Å²) in [5.74, 6) is -0.303. The molecule has 1 aliphatic rings. The SMILES string of the molecule is C=CCOC(=O)C1=C(C)Nc2[nH]c(=O)[nH]c(=O)c2C1c1ccc(OCc2ccccc2)c(OC)c1. The van der Waals surface area contributed by atoms with Crippen molar-refractivity contribution in [3.05, 3.63) is 110 Å². The van der Waals surface area contributed by atoms with Crippen LogP contribution in [0.4, 0.5) is 5.82 Å². The number of hydrogen-bond acceptors (Lipinski definition) is 7. The Labute approximate surface area is 201 Å². The number of H-pyrrole nitrogens is 2. The van der Waals surface area contributed by atoms with Gasteiger partial charge in [0.25, 0.3) is 5.56 Å². The average molecular weight is 476 g/mol.